The lowest BCUT2D eigenvalue weighted by molar-refractivity contribution is -0.117. The highest BCUT2D eigenvalue weighted by atomic mass is 16.3. The second kappa shape index (κ2) is 5.12. The summed E-state index contributed by atoms with van der Waals surface area (Å²) in [6, 6.07) is 9.81. The first kappa shape index (κ1) is 11.1. The second-order valence-electron chi connectivity index (χ2n) is 3.56. The van der Waals surface area contributed by atoms with E-state index in [1.54, 1.807) is 6.08 Å². The number of nitrogens with zero attached hydrogens (tertiary/aromatic N) is 1. The summed E-state index contributed by atoms with van der Waals surface area (Å²) in [6.07, 6.45) is 5.18. The summed E-state index contributed by atoms with van der Waals surface area (Å²) in [5.41, 5.74) is 6.66. The minimum Gasteiger partial charge on any atom is -0.445 e. The van der Waals surface area contributed by atoms with E-state index < -0.39 is 5.91 Å². The van der Waals surface area contributed by atoms with Gasteiger partial charge >= 0.3 is 0 Å². The second-order valence-corrected chi connectivity index (χ2v) is 3.56. The van der Waals surface area contributed by atoms with Crippen molar-refractivity contribution in [2.75, 3.05) is 0 Å². The molecular weight excluding hydrogens is 216 g/mol. The first-order valence-corrected chi connectivity index (χ1v) is 5.20. The molecule has 0 spiro atoms. The first-order chi connectivity index (χ1) is 8.24. The number of carbonyl (C=O) groups is 1. The van der Waals surface area contributed by atoms with Gasteiger partial charge in [0.25, 0.3) is 0 Å². The molecule has 0 saturated carbocycles. The van der Waals surface area contributed by atoms with E-state index in [1.165, 1.54) is 6.26 Å². The summed E-state index contributed by atoms with van der Waals surface area (Å²) in [4.78, 5) is 14.8. The topological polar surface area (TPSA) is 69.1 Å². The molecule has 1 aromatic carbocycles. The molecule has 0 aliphatic carbocycles. The van der Waals surface area contributed by atoms with Gasteiger partial charge in [-0.15, -0.1) is 0 Å². The van der Waals surface area contributed by atoms with Crippen molar-refractivity contribution in [1.29, 1.82) is 0 Å². The van der Waals surface area contributed by atoms with Crippen LogP contribution in [0.25, 0.3) is 12.2 Å². The number of rotatable bonds is 4. The van der Waals surface area contributed by atoms with Crippen LogP contribution in [-0.4, -0.2) is 10.9 Å². The van der Waals surface area contributed by atoms with Gasteiger partial charge in [0.05, 0.1) is 12.1 Å². The molecule has 1 amide bonds. The molecule has 1 heterocycles. The molecule has 2 rings (SSSR count). The molecule has 1 aromatic heterocycles. The third kappa shape index (κ3) is 3.31. The quantitative estimate of drug-likeness (QED) is 0.868. The van der Waals surface area contributed by atoms with Gasteiger partial charge in [-0.2, -0.15) is 0 Å². The third-order valence-corrected chi connectivity index (χ3v) is 2.14. The Bertz CT molecular complexity index is 529. The Hall–Kier alpha value is -2.36. The maximum atomic E-state index is 10.7. The molecule has 0 fully saturated rings. The van der Waals surface area contributed by atoms with Crippen LogP contribution in [0.3, 0.4) is 0 Å². The summed E-state index contributed by atoms with van der Waals surface area (Å²) < 4.78 is 5.18. The van der Waals surface area contributed by atoms with Gasteiger partial charge in [0.1, 0.15) is 6.26 Å². The predicted molar refractivity (Wildman–Crippen MR) is 64.8 cm³/mol. The Morgan fingerprint density at radius 2 is 2.06 bits per heavy atom. The molecule has 0 bridgehead atoms. The Kier molecular flexibility index (Phi) is 3.35. The SMILES string of the molecule is NC(=O)Cc1coc(/C=C/c2ccccc2)n1. The van der Waals surface area contributed by atoms with Crippen molar-refractivity contribution in [1.82, 2.24) is 4.98 Å². The van der Waals surface area contributed by atoms with Gasteiger partial charge in [0.2, 0.25) is 11.8 Å². The van der Waals surface area contributed by atoms with Crippen LogP contribution in [-0.2, 0) is 11.2 Å². The highest BCUT2D eigenvalue weighted by Crippen LogP contribution is 2.08. The van der Waals surface area contributed by atoms with E-state index in [4.69, 9.17) is 10.2 Å². The normalized spacial score (nSPS) is 10.8. The van der Waals surface area contributed by atoms with E-state index in [0.29, 0.717) is 11.6 Å². The first-order valence-electron chi connectivity index (χ1n) is 5.20. The number of carbonyl (C=O) groups excluding carboxylic acids is 1. The third-order valence-electron chi connectivity index (χ3n) is 2.14. The number of amides is 1. The van der Waals surface area contributed by atoms with Crippen LogP contribution in [0.4, 0.5) is 0 Å². The van der Waals surface area contributed by atoms with Gasteiger partial charge in [-0.1, -0.05) is 30.3 Å². The number of oxazole rings is 1. The van der Waals surface area contributed by atoms with Crippen LogP contribution >= 0.6 is 0 Å². The monoisotopic (exact) mass is 228 g/mol. The maximum absolute atomic E-state index is 10.7. The fourth-order valence-electron chi connectivity index (χ4n) is 1.39. The lowest BCUT2D eigenvalue weighted by Crippen LogP contribution is -2.13. The molecule has 2 N–H and O–H groups in total. The Labute approximate surface area is 98.8 Å². The molecule has 0 unspecified atom stereocenters. The van der Waals surface area contributed by atoms with Gasteiger partial charge in [0, 0.05) is 6.08 Å². The Morgan fingerprint density at radius 3 is 2.76 bits per heavy atom. The van der Waals surface area contributed by atoms with Gasteiger partial charge in [0.15, 0.2) is 0 Å². The zero-order valence-electron chi connectivity index (χ0n) is 9.17. The van der Waals surface area contributed by atoms with Gasteiger partial charge in [-0.05, 0) is 11.6 Å². The van der Waals surface area contributed by atoms with E-state index in [-0.39, 0.29) is 6.42 Å². The Balaban J connectivity index is 2.06. The maximum Gasteiger partial charge on any atom is 0.223 e. The molecule has 0 aliphatic rings. The minimum absolute atomic E-state index is 0.0999. The molecule has 0 aliphatic heterocycles. The fraction of sp³-hybridized carbons (Fsp3) is 0.0769. The van der Waals surface area contributed by atoms with Crippen LogP contribution in [0.1, 0.15) is 17.1 Å². The molecule has 4 nitrogen and oxygen atoms in total. The van der Waals surface area contributed by atoms with Crippen LogP contribution in [0, 0.1) is 0 Å². The van der Waals surface area contributed by atoms with Crippen molar-refractivity contribution in [2.45, 2.75) is 6.42 Å². The minimum atomic E-state index is -0.420. The van der Waals surface area contributed by atoms with Crippen molar-refractivity contribution < 1.29 is 9.21 Å². The van der Waals surface area contributed by atoms with Crippen LogP contribution < -0.4 is 5.73 Å². The number of hydrogen-bond donors (Lipinski definition) is 1. The average molecular weight is 228 g/mol. The molecular formula is C13H12N2O2. The molecule has 4 heteroatoms. The van der Waals surface area contributed by atoms with Crippen molar-refractivity contribution in [3.8, 4) is 0 Å². The summed E-state index contributed by atoms with van der Waals surface area (Å²) in [5, 5.41) is 0. The van der Waals surface area contributed by atoms with E-state index in [0.717, 1.165) is 5.56 Å². The smallest absolute Gasteiger partial charge is 0.223 e. The molecule has 0 atom stereocenters. The van der Waals surface area contributed by atoms with Crippen molar-refractivity contribution in [3.05, 3.63) is 53.7 Å². The highest BCUT2D eigenvalue weighted by molar-refractivity contribution is 5.76. The average Bonchev–Trinajstić information content (AvgIpc) is 2.75. The molecule has 17 heavy (non-hydrogen) atoms. The van der Waals surface area contributed by atoms with Crippen molar-refractivity contribution >= 4 is 18.1 Å². The van der Waals surface area contributed by atoms with Crippen LogP contribution in [0.5, 0.6) is 0 Å². The van der Waals surface area contributed by atoms with E-state index in [9.17, 15) is 4.79 Å². The fourth-order valence-corrected chi connectivity index (χ4v) is 1.39. The number of benzene rings is 1. The number of hydrogen-bond acceptors (Lipinski definition) is 3. The molecule has 86 valence electrons. The van der Waals surface area contributed by atoms with Crippen molar-refractivity contribution in [2.24, 2.45) is 5.73 Å². The lowest BCUT2D eigenvalue weighted by atomic mass is 10.2. The largest absolute Gasteiger partial charge is 0.445 e. The van der Waals surface area contributed by atoms with E-state index in [1.807, 2.05) is 36.4 Å². The van der Waals surface area contributed by atoms with Crippen LogP contribution in [0.2, 0.25) is 0 Å². The summed E-state index contributed by atoms with van der Waals surface area (Å²) in [7, 11) is 0. The number of aromatic nitrogens is 1. The van der Waals surface area contributed by atoms with Gasteiger partial charge in [-0.3, -0.25) is 4.79 Å². The zero-order valence-corrected chi connectivity index (χ0v) is 9.17. The standard InChI is InChI=1S/C13H12N2O2/c14-12(16)8-11-9-17-13(15-11)7-6-10-4-2-1-3-5-10/h1-7,9H,8H2,(H2,14,16)/b7-6+. The Morgan fingerprint density at radius 1 is 1.29 bits per heavy atom. The lowest BCUT2D eigenvalue weighted by Gasteiger charge is -1.89. The van der Waals surface area contributed by atoms with Crippen LogP contribution in [0.15, 0.2) is 41.0 Å². The highest BCUT2D eigenvalue weighted by Gasteiger charge is 2.03. The number of primary amides is 1. The zero-order chi connectivity index (χ0) is 12.1. The summed E-state index contributed by atoms with van der Waals surface area (Å²) in [5.74, 6) is 0.0435. The molecule has 2 aromatic rings. The molecule has 0 saturated heterocycles. The number of nitrogens with two attached hydrogens (primary N) is 1. The van der Waals surface area contributed by atoms with E-state index in [2.05, 4.69) is 4.98 Å². The van der Waals surface area contributed by atoms with Gasteiger partial charge in [-0.25, -0.2) is 4.98 Å². The molecule has 0 radical (unpaired) electrons. The predicted octanol–water partition coefficient (Wildman–Crippen LogP) is 1.87. The summed E-state index contributed by atoms with van der Waals surface area (Å²) >= 11 is 0. The van der Waals surface area contributed by atoms with E-state index >= 15 is 0 Å². The van der Waals surface area contributed by atoms with Gasteiger partial charge < -0.3 is 10.2 Å². The van der Waals surface area contributed by atoms with Crippen molar-refractivity contribution in [3.63, 3.8) is 0 Å². The summed E-state index contributed by atoms with van der Waals surface area (Å²) in [6.45, 7) is 0.